The molecule has 21 nitrogen and oxygen atoms in total. The molecule has 24 heteroatoms. The molecule has 0 bridgehead atoms. The van der Waals surface area contributed by atoms with Crippen LogP contribution in [0.15, 0.2) is 57.7 Å². The van der Waals surface area contributed by atoms with Gasteiger partial charge in [-0.2, -0.15) is 14.6 Å². The fourth-order valence-electron chi connectivity index (χ4n) is 9.39. The predicted molar refractivity (Wildman–Crippen MR) is 261 cm³/mol. The number of carboxylic acids is 1. The van der Waals surface area contributed by atoms with E-state index in [1.54, 1.807) is 39.1 Å². The van der Waals surface area contributed by atoms with E-state index >= 15 is 0 Å². The fourth-order valence-corrected chi connectivity index (χ4v) is 11.9. The van der Waals surface area contributed by atoms with Crippen LogP contribution in [0.1, 0.15) is 90.3 Å². The number of hydrogen-bond donors (Lipinski definition) is 7. The molecule has 71 heavy (non-hydrogen) atoms. The van der Waals surface area contributed by atoms with Crippen LogP contribution in [0.2, 0.25) is 0 Å². The Morgan fingerprint density at radius 3 is 2.42 bits per heavy atom. The van der Waals surface area contributed by atoms with Crippen LogP contribution in [0.25, 0.3) is 11.2 Å². The number of nitrogens with one attached hydrogen (secondary N) is 4. The number of piperazine rings is 1. The number of H-pyrrole nitrogens is 1. The van der Waals surface area contributed by atoms with Crippen LogP contribution in [-0.4, -0.2) is 132 Å². The van der Waals surface area contributed by atoms with Gasteiger partial charge in [-0.15, -0.1) is 0 Å². The van der Waals surface area contributed by atoms with Gasteiger partial charge in [0, 0.05) is 85.2 Å². The van der Waals surface area contributed by atoms with Gasteiger partial charge in [0.1, 0.15) is 12.6 Å². The second-order valence-electron chi connectivity index (χ2n) is 19.2. The van der Waals surface area contributed by atoms with Gasteiger partial charge >= 0.3 is 18.2 Å². The Kier molecular flexibility index (Phi) is 18.4. The maximum absolute atomic E-state index is 14.3. The molecule has 2 fully saturated rings. The predicted octanol–water partition coefficient (Wildman–Crippen LogP) is 2.69. The molecule has 2 saturated heterocycles. The minimum atomic E-state index is -1.14. The molecule has 4 aliphatic rings. The zero-order chi connectivity index (χ0) is 51.3. The molecule has 1 aromatic carbocycles. The van der Waals surface area contributed by atoms with Crippen molar-refractivity contribution in [2.24, 2.45) is 17.1 Å². The van der Waals surface area contributed by atoms with Crippen LogP contribution in [0.3, 0.4) is 0 Å². The number of benzene rings is 1. The molecule has 1 aliphatic carbocycles. The third-order valence-electron chi connectivity index (χ3n) is 13.3. The summed E-state index contributed by atoms with van der Waals surface area (Å²) in [5.41, 5.74) is 12.6. The van der Waals surface area contributed by atoms with E-state index in [1.165, 1.54) is 21.6 Å². The first-order chi connectivity index (χ1) is 33.0. The summed E-state index contributed by atoms with van der Waals surface area (Å²) in [7, 11) is 2.88. The average molecular weight is 1060 g/mol. The van der Waals surface area contributed by atoms with Gasteiger partial charge < -0.3 is 36.8 Å². The summed E-state index contributed by atoms with van der Waals surface area (Å²) in [5.74, 6) is -1.61. The van der Waals surface area contributed by atoms with E-state index in [-0.39, 0.29) is 115 Å². The number of nitrogens with two attached hydrogens (primary N) is 2. The van der Waals surface area contributed by atoms with E-state index in [2.05, 4.69) is 42.8 Å². The fraction of sp³-hybridized carbons (Fsp3) is 0.511. The number of fused-ring (bicyclic) bond motifs is 5. The molecule has 2 aromatic heterocycles. The van der Waals surface area contributed by atoms with Gasteiger partial charge in [0.15, 0.2) is 22.7 Å². The molecular weight excluding hydrogens is 996 g/mol. The third-order valence-corrected chi connectivity index (χ3v) is 15.7. The van der Waals surface area contributed by atoms with Gasteiger partial charge in [0.25, 0.3) is 11.5 Å². The Labute approximate surface area is 430 Å². The summed E-state index contributed by atoms with van der Waals surface area (Å²) in [6.45, 7) is 11.9. The Hall–Kier alpha value is -5.68. The number of carbonyl (C=O) groups is 6. The monoisotopic (exact) mass is 1060 g/mol. The standard InChI is InChI=1S/C46H58N10O9S2.CO2.V.H2/c1-23-27(36(59)32-28(21-65-43(48)64)37-46(6)30(55-46)20-56(37)34(32)35(23)58)18-44(2,3)15-17-66-67-22-29(41(62)63)54-45(4,5)31(57)8-7-16-49-39(60)25-12-9-24(10-13-25)11-14-26-19-50-38-33(51-26)40(61)53-42(47)52-38;2-1-3;;/h9-10,12-13,19,28-30,37,54-55H,7-8,11,14-18,20-22H2,1-6H3,(H2,48,64)(H,49,60)(H,62,63)(H3,47,50,52,53,61);;;1H/t28-,29+,30+,37?,46+;;;/m1.../s1/i;;;1+1. The summed E-state index contributed by atoms with van der Waals surface area (Å²) in [5, 5.41) is 19.4. The number of hydrogen-bond acceptors (Lipinski definition) is 19. The van der Waals surface area contributed by atoms with Crippen molar-refractivity contribution in [2.45, 2.75) is 109 Å². The zero-order valence-electron chi connectivity index (χ0n) is 40.2. The van der Waals surface area contributed by atoms with E-state index in [1.807, 2.05) is 30.9 Å². The molecule has 7 rings (SSSR count). The van der Waals surface area contributed by atoms with Crippen LogP contribution in [0, 0.1) is 11.3 Å². The molecule has 1 unspecified atom stereocenters. The average Bonchev–Trinajstić information content (AvgIpc) is 3.69. The molecule has 381 valence electrons. The third kappa shape index (κ3) is 13.1. The number of ketones is 3. The number of aromatic amines is 1. The number of aryl methyl sites for hydroxylation is 2. The van der Waals surface area contributed by atoms with Crippen molar-refractivity contribution < 1.29 is 68.2 Å². The van der Waals surface area contributed by atoms with Gasteiger partial charge in [-0.25, -0.2) is 14.8 Å². The molecule has 5 atom stereocenters. The van der Waals surface area contributed by atoms with E-state index in [4.69, 9.17) is 25.8 Å². The molecule has 0 saturated carbocycles. The minimum Gasteiger partial charge on any atom is -0.480 e. The molecule has 5 heterocycles. The normalized spacial score (nSPS) is 20.5. The van der Waals surface area contributed by atoms with Crippen molar-refractivity contribution >= 4 is 80.2 Å². The molecule has 3 aromatic rings. The van der Waals surface area contributed by atoms with Crippen molar-refractivity contribution in [1.29, 1.82) is 0 Å². The van der Waals surface area contributed by atoms with E-state index in [0.29, 0.717) is 78.1 Å². The van der Waals surface area contributed by atoms with Gasteiger partial charge in [0.05, 0.1) is 34.7 Å². The van der Waals surface area contributed by atoms with Crippen molar-refractivity contribution in [2.75, 3.05) is 36.9 Å². The number of rotatable bonds is 22. The summed E-state index contributed by atoms with van der Waals surface area (Å²) >= 11 is 0. The summed E-state index contributed by atoms with van der Waals surface area (Å²) < 4.78 is 5.24. The van der Waals surface area contributed by atoms with Crippen LogP contribution >= 0.6 is 21.6 Å². The number of primary amides is 1. The number of nitrogens with zero attached hydrogens (tertiary/aromatic N) is 4. The number of Topliss-reactive ketones (excluding diaryl/α,β-unsaturated/α-hetero) is 3. The molecule has 1 radical (unpaired) electrons. The molecule has 9 N–H and O–H groups in total. The Morgan fingerprint density at radius 2 is 1.76 bits per heavy atom. The number of aromatic nitrogens is 4. The van der Waals surface area contributed by atoms with Crippen molar-refractivity contribution in [1.82, 2.24) is 40.8 Å². The first-order valence-electron chi connectivity index (χ1n) is 22.7. The molecular formula is C47H60N10O11S2V. The van der Waals surface area contributed by atoms with Gasteiger partial charge in [0.2, 0.25) is 11.7 Å². The number of aliphatic carboxylic acids is 1. The van der Waals surface area contributed by atoms with Gasteiger partial charge in [-0.3, -0.25) is 39.1 Å². The van der Waals surface area contributed by atoms with Crippen LogP contribution in [0.5, 0.6) is 0 Å². The largest absolute Gasteiger partial charge is 0.480 e. The van der Waals surface area contributed by atoms with E-state index < -0.39 is 35.1 Å². The smallest absolute Gasteiger partial charge is 0.404 e. The molecule has 2 amide bonds. The Balaban J connectivity index is 0.00000219. The number of anilines is 1. The van der Waals surface area contributed by atoms with Gasteiger partial charge in [-0.05, 0) is 82.9 Å². The van der Waals surface area contributed by atoms with Crippen molar-refractivity contribution in [3.05, 3.63) is 80.1 Å². The van der Waals surface area contributed by atoms with Crippen molar-refractivity contribution in [3.8, 4) is 0 Å². The SMILES string of the molecule is CC1=C(CC(C)(C)CCSSC[C@H](NC(C)(C)C(=O)CCCNC(=O)c2ccc(CCc3cnc4nc(N)[nH]c(=O)c4n3)cc2)C(=O)O)C(=O)C2=C(C1=O)N1C[C@@H]3N[C@]3(C)C1[C@@H]2COC(N)=O.O=C=O.[2HH].[V]. The number of amides is 2. The number of carbonyl (C=O) groups excluding carboxylic acids is 7. The number of ether oxygens (including phenoxy) is 1. The second kappa shape index (κ2) is 23.3. The Bertz CT molecular complexity index is 2750. The maximum Gasteiger partial charge on any atom is 0.404 e. The number of nitrogen functional groups attached to an aromatic ring is 1. The first kappa shape index (κ1) is 56.2. The van der Waals surface area contributed by atoms with E-state index in [9.17, 15) is 38.7 Å². The van der Waals surface area contributed by atoms with Gasteiger partial charge in [-0.1, -0.05) is 47.6 Å². The van der Waals surface area contributed by atoms with Crippen LogP contribution in [-0.2, 0) is 64.9 Å². The Morgan fingerprint density at radius 1 is 1.07 bits per heavy atom. The molecule has 3 aliphatic heterocycles. The van der Waals surface area contributed by atoms with E-state index in [0.717, 1.165) is 5.56 Å². The quantitative estimate of drug-likeness (QED) is 0.0329. The van der Waals surface area contributed by atoms with Crippen LogP contribution < -0.4 is 33.0 Å². The molecule has 0 spiro atoms. The van der Waals surface area contributed by atoms with Crippen molar-refractivity contribution in [3.63, 3.8) is 0 Å². The number of carboxylic acid groups (broad SMARTS) is 1. The first-order valence-corrected chi connectivity index (χ1v) is 25.2. The van der Waals surface area contributed by atoms with Crippen LogP contribution in [0.4, 0.5) is 10.7 Å². The summed E-state index contributed by atoms with van der Waals surface area (Å²) in [6.07, 6.45) is 3.48. The number of allylic oxidation sites excluding steroid dienone is 2. The summed E-state index contributed by atoms with van der Waals surface area (Å²) in [6, 6.07) is 6.07. The topological polar surface area (TPSA) is 339 Å². The summed E-state index contributed by atoms with van der Waals surface area (Å²) in [4.78, 5) is 124. The second-order valence-corrected chi connectivity index (χ2v) is 21.9. The zero-order valence-corrected chi connectivity index (χ0v) is 43.2. The minimum absolute atomic E-state index is 0. The maximum atomic E-state index is 14.3.